The summed E-state index contributed by atoms with van der Waals surface area (Å²) in [5, 5.41) is 10.5. The first-order valence-electron chi connectivity index (χ1n) is 6.93. The quantitative estimate of drug-likeness (QED) is 0.942. The van der Waals surface area contributed by atoms with Gasteiger partial charge in [0.2, 0.25) is 0 Å². The Morgan fingerprint density at radius 2 is 2.10 bits per heavy atom. The van der Waals surface area contributed by atoms with Gasteiger partial charge in [0.1, 0.15) is 11.4 Å². The second-order valence-electron chi connectivity index (χ2n) is 5.83. The van der Waals surface area contributed by atoms with Gasteiger partial charge >= 0.3 is 0 Å². The molecule has 4 nitrogen and oxygen atoms in total. The van der Waals surface area contributed by atoms with Gasteiger partial charge in [0.25, 0.3) is 5.91 Å². The highest BCUT2D eigenvalue weighted by Crippen LogP contribution is 2.27. The van der Waals surface area contributed by atoms with E-state index in [4.69, 9.17) is 4.42 Å². The van der Waals surface area contributed by atoms with Crippen molar-refractivity contribution in [3.8, 4) is 0 Å². The summed E-state index contributed by atoms with van der Waals surface area (Å²) >= 11 is 0. The molecule has 1 amide bonds. The zero-order chi connectivity index (χ0) is 15.8. The van der Waals surface area contributed by atoms with Crippen LogP contribution in [-0.4, -0.2) is 34.6 Å². The highest BCUT2D eigenvalue weighted by Gasteiger charge is 2.26. The van der Waals surface area contributed by atoms with Crippen LogP contribution in [0.1, 0.15) is 36.9 Å². The Balaban J connectivity index is 2.40. The molecule has 0 saturated carbocycles. The number of aryl methyl sites for hydroxylation is 1. The van der Waals surface area contributed by atoms with Gasteiger partial charge in [0.15, 0.2) is 5.76 Å². The van der Waals surface area contributed by atoms with Gasteiger partial charge in [-0.3, -0.25) is 4.79 Å². The van der Waals surface area contributed by atoms with E-state index in [1.807, 2.05) is 6.92 Å². The van der Waals surface area contributed by atoms with Crippen LogP contribution in [0.5, 0.6) is 0 Å². The molecular formula is C16H20FNO3. The molecule has 1 N–H and O–H groups in total. The number of carbonyl (C=O) groups is 1. The van der Waals surface area contributed by atoms with Crippen LogP contribution < -0.4 is 0 Å². The number of hydrogen-bond donors (Lipinski definition) is 1. The standard InChI is InChI=1S/C16H20FNO3/c1-5-18(9-16(3,4)20)15(19)14-10(2)12-8-11(17)6-7-13(12)21-14/h6-8,20H,5,9H2,1-4H3. The Hall–Kier alpha value is -1.88. The summed E-state index contributed by atoms with van der Waals surface area (Å²) < 4.78 is 18.9. The fourth-order valence-corrected chi connectivity index (χ4v) is 2.34. The maximum atomic E-state index is 13.3. The minimum absolute atomic E-state index is 0.196. The summed E-state index contributed by atoms with van der Waals surface area (Å²) in [4.78, 5) is 14.1. The molecule has 0 saturated heterocycles. The van der Waals surface area contributed by atoms with E-state index in [9.17, 15) is 14.3 Å². The van der Waals surface area contributed by atoms with Crippen molar-refractivity contribution in [2.75, 3.05) is 13.1 Å². The minimum atomic E-state index is -0.988. The number of hydrogen-bond acceptors (Lipinski definition) is 3. The fraction of sp³-hybridized carbons (Fsp3) is 0.438. The maximum absolute atomic E-state index is 13.3. The molecule has 114 valence electrons. The highest BCUT2D eigenvalue weighted by atomic mass is 19.1. The van der Waals surface area contributed by atoms with Crippen molar-refractivity contribution in [1.82, 2.24) is 4.90 Å². The third-order valence-corrected chi connectivity index (χ3v) is 3.34. The molecule has 1 aromatic carbocycles. The van der Waals surface area contributed by atoms with Gasteiger partial charge < -0.3 is 14.4 Å². The Labute approximate surface area is 123 Å². The minimum Gasteiger partial charge on any atom is -0.451 e. The van der Waals surface area contributed by atoms with E-state index >= 15 is 0 Å². The molecule has 0 aliphatic heterocycles. The molecule has 0 fully saturated rings. The molecular weight excluding hydrogens is 273 g/mol. The van der Waals surface area contributed by atoms with Gasteiger partial charge in [-0.15, -0.1) is 0 Å². The summed E-state index contributed by atoms with van der Waals surface area (Å²) in [6.45, 7) is 7.51. The average Bonchev–Trinajstić information content (AvgIpc) is 2.71. The molecule has 1 aromatic heterocycles. The number of likely N-dealkylation sites (N-methyl/N-ethyl adjacent to an activating group) is 1. The molecule has 0 unspecified atom stereocenters. The molecule has 2 aromatic rings. The topological polar surface area (TPSA) is 53.7 Å². The van der Waals surface area contributed by atoms with Crippen LogP contribution in [0.3, 0.4) is 0 Å². The lowest BCUT2D eigenvalue weighted by Gasteiger charge is -2.27. The van der Waals surface area contributed by atoms with Crippen molar-refractivity contribution in [2.24, 2.45) is 0 Å². The average molecular weight is 293 g/mol. The van der Waals surface area contributed by atoms with E-state index in [-0.39, 0.29) is 24.0 Å². The zero-order valence-electron chi connectivity index (χ0n) is 12.7. The summed E-state index contributed by atoms with van der Waals surface area (Å²) in [6.07, 6.45) is 0. The number of halogens is 1. The third kappa shape index (κ3) is 3.24. The fourth-order valence-electron chi connectivity index (χ4n) is 2.34. The van der Waals surface area contributed by atoms with Crippen LogP contribution in [0.2, 0.25) is 0 Å². The monoisotopic (exact) mass is 293 g/mol. The lowest BCUT2D eigenvalue weighted by atomic mass is 10.1. The number of carbonyl (C=O) groups excluding carboxylic acids is 1. The molecule has 1 heterocycles. The van der Waals surface area contributed by atoms with Crippen LogP contribution in [0, 0.1) is 12.7 Å². The van der Waals surface area contributed by atoms with E-state index in [2.05, 4.69) is 0 Å². The van der Waals surface area contributed by atoms with E-state index in [1.165, 1.54) is 23.1 Å². The van der Waals surface area contributed by atoms with Gasteiger partial charge in [-0.1, -0.05) is 0 Å². The van der Waals surface area contributed by atoms with Gasteiger partial charge in [0, 0.05) is 24.0 Å². The molecule has 0 bridgehead atoms. The van der Waals surface area contributed by atoms with Crippen molar-refractivity contribution in [2.45, 2.75) is 33.3 Å². The first kappa shape index (κ1) is 15.5. The van der Waals surface area contributed by atoms with E-state index < -0.39 is 5.60 Å². The van der Waals surface area contributed by atoms with Crippen molar-refractivity contribution in [3.05, 3.63) is 35.3 Å². The van der Waals surface area contributed by atoms with Gasteiger partial charge in [-0.05, 0) is 45.9 Å². The number of benzene rings is 1. The predicted octanol–water partition coefficient (Wildman–Crippen LogP) is 3.11. The normalized spacial score (nSPS) is 11.9. The lowest BCUT2D eigenvalue weighted by molar-refractivity contribution is 0.0299. The first-order chi connectivity index (χ1) is 9.73. The summed E-state index contributed by atoms with van der Waals surface area (Å²) in [6, 6.07) is 4.17. The summed E-state index contributed by atoms with van der Waals surface area (Å²) in [7, 11) is 0. The van der Waals surface area contributed by atoms with Crippen LogP contribution in [0.15, 0.2) is 22.6 Å². The van der Waals surface area contributed by atoms with Crippen molar-refractivity contribution < 1.29 is 18.7 Å². The number of nitrogens with zero attached hydrogens (tertiary/aromatic N) is 1. The number of amides is 1. The van der Waals surface area contributed by atoms with Crippen LogP contribution in [0.4, 0.5) is 4.39 Å². The number of aliphatic hydroxyl groups is 1. The number of fused-ring (bicyclic) bond motifs is 1. The largest absolute Gasteiger partial charge is 0.451 e. The smallest absolute Gasteiger partial charge is 0.289 e. The molecule has 0 spiro atoms. The Kier molecular flexibility index (Phi) is 4.05. The molecule has 0 aliphatic rings. The Morgan fingerprint density at radius 3 is 2.67 bits per heavy atom. The van der Waals surface area contributed by atoms with Crippen LogP contribution >= 0.6 is 0 Å². The van der Waals surface area contributed by atoms with Crippen molar-refractivity contribution in [1.29, 1.82) is 0 Å². The van der Waals surface area contributed by atoms with Gasteiger partial charge in [-0.2, -0.15) is 0 Å². The van der Waals surface area contributed by atoms with Crippen LogP contribution in [-0.2, 0) is 0 Å². The summed E-state index contributed by atoms with van der Waals surface area (Å²) in [5.74, 6) is -0.468. The first-order valence-corrected chi connectivity index (χ1v) is 6.93. The highest BCUT2D eigenvalue weighted by molar-refractivity contribution is 5.98. The van der Waals surface area contributed by atoms with Crippen LogP contribution in [0.25, 0.3) is 11.0 Å². The number of furan rings is 1. The second kappa shape index (κ2) is 5.48. The van der Waals surface area contributed by atoms with Crippen molar-refractivity contribution in [3.63, 3.8) is 0 Å². The molecule has 2 rings (SSSR count). The molecule has 0 atom stereocenters. The molecule has 0 aliphatic carbocycles. The SMILES string of the molecule is CCN(CC(C)(C)O)C(=O)c1oc2ccc(F)cc2c1C. The third-order valence-electron chi connectivity index (χ3n) is 3.34. The molecule has 0 radical (unpaired) electrons. The Bertz CT molecular complexity index is 670. The maximum Gasteiger partial charge on any atom is 0.289 e. The number of rotatable bonds is 4. The van der Waals surface area contributed by atoms with E-state index in [1.54, 1.807) is 20.8 Å². The lowest BCUT2D eigenvalue weighted by Crippen LogP contribution is -2.42. The van der Waals surface area contributed by atoms with E-state index in [0.29, 0.717) is 23.1 Å². The van der Waals surface area contributed by atoms with Crippen molar-refractivity contribution >= 4 is 16.9 Å². The van der Waals surface area contributed by atoms with Gasteiger partial charge in [-0.25, -0.2) is 4.39 Å². The predicted molar refractivity (Wildman–Crippen MR) is 78.8 cm³/mol. The molecule has 5 heteroatoms. The molecule has 21 heavy (non-hydrogen) atoms. The summed E-state index contributed by atoms with van der Waals surface area (Å²) in [5.41, 5.74) is 0.109. The zero-order valence-corrected chi connectivity index (χ0v) is 12.7. The second-order valence-corrected chi connectivity index (χ2v) is 5.83. The van der Waals surface area contributed by atoms with E-state index in [0.717, 1.165) is 0 Å². The Morgan fingerprint density at radius 1 is 1.43 bits per heavy atom. The van der Waals surface area contributed by atoms with Gasteiger partial charge in [0.05, 0.1) is 5.60 Å².